The van der Waals surface area contributed by atoms with E-state index in [1.165, 1.54) is 5.56 Å². The normalized spacial score (nSPS) is 19.3. The van der Waals surface area contributed by atoms with E-state index in [-0.39, 0.29) is 0 Å². The Hall–Kier alpha value is -1.75. The smallest absolute Gasteiger partial charge is 0.179 e. The summed E-state index contributed by atoms with van der Waals surface area (Å²) in [5.41, 5.74) is 2.29. The Kier molecular flexibility index (Phi) is 3.06. The zero-order valence-electron chi connectivity index (χ0n) is 10.5. The molecule has 2 heterocycles. The molecular formula is C13H17N5. The molecule has 0 amide bonds. The molecule has 1 atom stereocenters. The predicted octanol–water partition coefficient (Wildman–Crippen LogP) is 1.30. The van der Waals surface area contributed by atoms with E-state index in [0.29, 0.717) is 5.92 Å². The van der Waals surface area contributed by atoms with Gasteiger partial charge >= 0.3 is 0 Å². The highest BCUT2D eigenvalue weighted by atomic mass is 15.6. The van der Waals surface area contributed by atoms with Crippen LogP contribution in [-0.2, 0) is 6.42 Å². The number of aromatic nitrogens is 4. The van der Waals surface area contributed by atoms with Crippen LogP contribution in [0, 0.1) is 0 Å². The van der Waals surface area contributed by atoms with Crippen molar-refractivity contribution in [2.24, 2.45) is 0 Å². The van der Waals surface area contributed by atoms with Crippen molar-refractivity contribution in [1.29, 1.82) is 0 Å². The molecule has 0 aliphatic carbocycles. The number of hydrogen-bond acceptors (Lipinski definition) is 4. The molecule has 18 heavy (non-hydrogen) atoms. The van der Waals surface area contributed by atoms with Crippen LogP contribution in [-0.4, -0.2) is 33.3 Å². The summed E-state index contributed by atoms with van der Waals surface area (Å²) in [5.74, 6) is 1.26. The Morgan fingerprint density at radius 1 is 1.33 bits per heavy atom. The van der Waals surface area contributed by atoms with Crippen molar-refractivity contribution in [3.63, 3.8) is 0 Å². The van der Waals surface area contributed by atoms with Gasteiger partial charge in [-0.15, -0.1) is 15.0 Å². The number of tetrazole rings is 1. The van der Waals surface area contributed by atoms with Crippen LogP contribution in [0.5, 0.6) is 0 Å². The van der Waals surface area contributed by atoms with Crippen molar-refractivity contribution in [2.45, 2.75) is 25.7 Å². The van der Waals surface area contributed by atoms with E-state index in [2.05, 4.69) is 39.8 Å². The lowest BCUT2D eigenvalue weighted by Gasteiger charge is -2.01. The minimum absolute atomic E-state index is 0.411. The summed E-state index contributed by atoms with van der Waals surface area (Å²) < 4.78 is 0. The third-order valence-corrected chi connectivity index (χ3v) is 3.43. The maximum absolute atomic E-state index is 4.47. The Morgan fingerprint density at radius 2 is 2.17 bits per heavy atom. The molecule has 0 saturated carbocycles. The van der Waals surface area contributed by atoms with E-state index in [1.807, 2.05) is 12.1 Å². The van der Waals surface area contributed by atoms with Gasteiger partial charge in [0.1, 0.15) is 0 Å². The van der Waals surface area contributed by atoms with Crippen molar-refractivity contribution >= 4 is 0 Å². The SMILES string of the molecule is CCc1ccc(-n2nnc(C3CCNC3)n2)cc1. The third kappa shape index (κ3) is 2.13. The van der Waals surface area contributed by atoms with Crippen LogP contribution >= 0.6 is 0 Å². The Labute approximate surface area is 106 Å². The van der Waals surface area contributed by atoms with Crippen LogP contribution in [0.25, 0.3) is 5.69 Å². The fraction of sp³-hybridized carbons (Fsp3) is 0.462. The number of rotatable bonds is 3. The molecule has 1 fully saturated rings. The highest BCUT2D eigenvalue weighted by molar-refractivity contribution is 5.32. The quantitative estimate of drug-likeness (QED) is 0.883. The van der Waals surface area contributed by atoms with E-state index in [4.69, 9.17) is 0 Å². The second-order valence-electron chi connectivity index (χ2n) is 4.65. The van der Waals surface area contributed by atoms with Crippen LogP contribution in [0.2, 0.25) is 0 Å². The van der Waals surface area contributed by atoms with E-state index in [0.717, 1.165) is 37.4 Å². The Balaban J connectivity index is 1.82. The van der Waals surface area contributed by atoms with Gasteiger partial charge in [-0.25, -0.2) is 0 Å². The van der Waals surface area contributed by atoms with Crippen molar-refractivity contribution in [3.05, 3.63) is 35.7 Å². The first-order valence-electron chi connectivity index (χ1n) is 6.47. The molecule has 2 aromatic rings. The molecule has 1 unspecified atom stereocenters. The summed E-state index contributed by atoms with van der Waals surface area (Å²) in [7, 11) is 0. The van der Waals surface area contributed by atoms with Gasteiger partial charge in [-0.1, -0.05) is 19.1 Å². The van der Waals surface area contributed by atoms with Crippen LogP contribution in [0.1, 0.15) is 30.7 Å². The molecule has 3 rings (SSSR count). The fourth-order valence-electron chi connectivity index (χ4n) is 2.24. The second kappa shape index (κ2) is 4.86. The average molecular weight is 243 g/mol. The highest BCUT2D eigenvalue weighted by Crippen LogP contribution is 2.18. The van der Waals surface area contributed by atoms with Crippen LogP contribution < -0.4 is 5.32 Å². The summed E-state index contributed by atoms with van der Waals surface area (Å²) in [6.07, 6.45) is 2.14. The molecule has 1 aliphatic rings. The molecule has 5 nitrogen and oxygen atoms in total. The first kappa shape index (κ1) is 11.3. The zero-order chi connectivity index (χ0) is 12.4. The van der Waals surface area contributed by atoms with E-state index in [9.17, 15) is 0 Å². The molecule has 1 N–H and O–H groups in total. The summed E-state index contributed by atoms with van der Waals surface area (Å²) in [6, 6.07) is 8.29. The molecule has 0 spiro atoms. The van der Waals surface area contributed by atoms with E-state index >= 15 is 0 Å². The zero-order valence-corrected chi connectivity index (χ0v) is 10.5. The third-order valence-electron chi connectivity index (χ3n) is 3.43. The summed E-state index contributed by atoms with van der Waals surface area (Å²) in [6.45, 7) is 4.15. The molecule has 0 bridgehead atoms. The number of nitrogens with one attached hydrogen (secondary N) is 1. The van der Waals surface area contributed by atoms with Gasteiger partial charge in [-0.05, 0) is 42.3 Å². The second-order valence-corrected chi connectivity index (χ2v) is 4.65. The maximum atomic E-state index is 4.47. The number of hydrogen-bond donors (Lipinski definition) is 1. The van der Waals surface area contributed by atoms with Gasteiger partial charge in [0.15, 0.2) is 5.82 Å². The van der Waals surface area contributed by atoms with E-state index in [1.54, 1.807) is 4.80 Å². The standard InChI is InChI=1S/C13H17N5/c1-2-10-3-5-12(6-4-10)18-16-13(15-17-18)11-7-8-14-9-11/h3-6,11,14H,2,7-9H2,1H3. The minimum Gasteiger partial charge on any atom is -0.316 e. The van der Waals surface area contributed by atoms with Gasteiger partial charge in [0.05, 0.1) is 5.69 Å². The topological polar surface area (TPSA) is 55.6 Å². The summed E-state index contributed by atoms with van der Waals surface area (Å²) >= 11 is 0. The highest BCUT2D eigenvalue weighted by Gasteiger charge is 2.21. The van der Waals surface area contributed by atoms with Gasteiger partial charge in [-0.3, -0.25) is 0 Å². The molecule has 5 heteroatoms. The largest absolute Gasteiger partial charge is 0.316 e. The molecule has 0 radical (unpaired) electrons. The molecule has 94 valence electrons. The maximum Gasteiger partial charge on any atom is 0.179 e. The molecular weight excluding hydrogens is 226 g/mol. The van der Waals surface area contributed by atoms with Crippen molar-refractivity contribution in [2.75, 3.05) is 13.1 Å². The Morgan fingerprint density at radius 3 is 2.83 bits per heavy atom. The molecule has 1 saturated heterocycles. The van der Waals surface area contributed by atoms with Crippen molar-refractivity contribution in [3.8, 4) is 5.69 Å². The average Bonchev–Trinajstić information content (AvgIpc) is 3.09. The van der Waals surface area contributed by atoms with Gasteiger partial charge < -0.3 is 5.32 Å². The van der Waals surface area contributed by atoms with Gasteiger partial charge in [0.2, 0.25) is 0 Å². The van der Waals surface area contributed by atoms with Crippen LogP contribution in [0.15, 0.2) is 24.3 Å². The number of benzene rings is 1. The lowest BCUT2D eigenvalue weighted by Crippen LogP contribution is -2.09. The lowest BCUT2D eigenvalue weighted by molar-refractivity contribution is 0.688. The fourth-order valence-corrected chi connectivity index (χ4v) is 2.24. The number of nitrogens with zero attached hydrogens (tertiary/aromatic N) is 4. The summed E-state index contributed by atoms with van der Waals surface area (Å²) in [4.78, 5) is 1.62. The van der Waals surface area contributed by atoms with Gasteiger partial charge in [0.25, 0.3) is 0 Å². The first-order chi connectivity index (χ1) is 8.86. The first-order valence-corrected chi connectivity index (χ1v) is 6.47. The van der Waals surface area contributed by atoms with Crippen molar-refractivity contribution < 1.29 is 0 Å². The Bertz CT molecular complexity index is 510. The van der Waals surface area contributed by atoms with Gasteiger partial charge in [-0.2, -0.15) is 0 Å². The minimum atomic E-state index is 0.411. The molecule has 1 aliphatic heterocycles. The summed E-state index contributed by atoms with van der Waals surface area (Å²) in [5, 5.41) is 16.1. The van der Waals surface area contributed by atoms with Gasteiger partial charge in [0, 0.05) is 12.5 Å². The molecule has 1 aromatic heterocycles. The van der Waals surface area contributed by atoms with E-state index < -0.39 is 0 Å². The van der Waals surface area contributed by atoms with Crippen molar-refractivity contribution in [1.82, 2.24) is 25.5 Å². The van der Waals surface area contributed by atoms with Crippen LogP contribution in [0.3, 0.4) is 0 Å². The lowest BCUT2D eigenvalue weighted by atomic mass is 10.1. The predicted molar refractivity (Wildman–Crippen MR) is 68.8 cm³/mol. The monoisotopic (exact) mass is 243 g/mol. The molecule has 1 aromatic carbocycles. The van der Waals surface area contributed by atoms with Crippen LogP contribution in [0.4, 0.5) is 0 Å². The number of aryl methyl sites for hydroxylation is 1.